The average molecular weight is 351 g/mol. The van der Waals surface area contributed by atoms with Gasteiger partial charge in [-0.2, -0.15) is 0 Å². The van der Waals surface area contributed by atoms with Crippen LogP contribution in [0.5, 0.6) is 0 Å². The summed E-state index contributed by atoms with van der Waals surface area (Å²) in [5.74, 6) is -0.854. The molecule has 2 aromatic rings. The van der Waals surface area contributed by atoms with E-state index in [0.29, 0.717) is 12.0 Å². The van der Waals surface area contributed by atoms with E-state index in [1.165, 1.54) is 6.20 Å². The quantitative estimate of drug-likeness (QED) is 0.812. The van der Waals surface area contributed by atoms with Gasteiger partial charge in [0.05, 0.1) is 5.56 Å². The van der Waals surface area contributed by atoms with Gasteiger partial charge in [-0.1, -0.05) is 25.1 Å². The predicted octanol–water partition coefficient (Wildman–Crippen LogP) is 2.97. The number of hydrogen-bond donors (Lipinski definition) is 1. The van der Waals surface area contributed by atoms with Crippen LogP contribution in [0.3, 0.4) is 0 Å². The molecule has 2 heterocycles. The molecule has 1 aromatic heterocycles. The summed E-state index contributed by atoms with van der Waals surface area (Å²) in [6.45, 7) is 4.21. The third-order valence-corrected chi connectivity index (χ3v) is 4.52. The molecule has 6 nitrogen and oxygen atoms in total. The van der Waals surface area contributed by atoms with Gasteiger partial charge >= 0.3 is 0 Å². The van der Waals surface area contributed by atoms with E-state index in [1.54, 1.807) is 12.1 Å². The average Bonchev–Trinajstić information content (AvgIpc) is 2.88. The van der Waals surface area contributed by atoms with Crippen LogP contribution in [0.15, 0.2) is 36.5 Å². The van der Waals surface area contributed by atoms with E-state index < -0.39 is 5.91 Å². The molecule has 0 atom stereocenters. The van der Waals surface area contributed by atoms with Crippen molar-refractivity contribution in [3.63, 3.8) is 0 Å². The van der Waals surface area contributed by atoms with Gasteiger partial charge in [-0.25, -0.2) is 0 Å². The number of aryl methyl sites for hydroxylation is 2. The van der Waals surface area contributed by atoms with Gasteiger partial charge in [-0.15, -0.1) is 0 Å². The molecule has 0 fully saturated rings. The fraction of sp³-hybridized carbons (Fsp3) is 0.300. The van der Waals surface area contributed by atoms with Crippen molar-refractivity contribution < 1.29 is 14.4 Å². The van der Waals surface area contributed by atoms with Gasteiger partial charge in [0.2, 0.25) is 5.91 Å². The van der Waals surface area contributed by atoms with Crippen LogP contribution in [0.4, 0.5) is 5.69 Å². The van der Waals surface area contributed by atoms with Crippen molar-refractivity contribution in [2.75, 3.05) is 11.9 Å². The maximum Gasteiger partial charge on any atom is 0.280 e. The number of amides is 3. The minimum Gasteiger partial charge on any atom is -0.326 e. The second-order valence-corrected chi connectivity index (χ2v) is 6.28. The van der Waals surface area contributed by atoms with E-state index in [-0.39, 0.29) is 30.5 Å². The smallest absolute Gasteiger partial charge is 0.280 e. The minimum atomic E-state index is -0.391. The number of carbonyl (C=O) groups is 3. The molecule has 1 aliphatic heterocycles. The highest BCUT2D eigenvalue weighted by molar-refractivity contribution is 6.20. The lowest BCUT2D eigenvalue weighted by molar-refractivity contribution is -0.116. The summed E-state index contributed by atoms with van der Waals surface area (Å²) >= 11 is 0. The predicted molar refractivity (Wildman–Crippen MR) is 98.0 cm³/mol. The molecule has 0 spiro atoms. The van der Waals surface area contributed by atoms with E-state index in [2.05, 4.69) is 10.3 Å². The zero-order chi connectivity index (χ0) is 18.7. The zero-order valence-corrected chi connectivity index (χ0v) is 14.9. The summed E-state index contributed by atoms with van der Waals surface area (Å²) in [7, 11) is 0. The van der Waals surface area contributed by atoms with Crippen LogP contribution in [-0.2, 0) is 11.2 Å². The van der Waals surface area contributed by atoms with Crippen molar-refractivity contribution >= 4 is 23.4 Å². The molecule has 1 N–H and O–H groups in total. The number of para-hydroxylation sites is 1. The molecule has 0 aliphatic carbocycles. The number of nitrogens with one attached hydrogen (secondary N) is 1. The first-order valence-electron chi connectivity index (χ1n) is 8.72. The molecule has 0 saturated heterocycles. The number of imide groups is 1. The van der Waals surface area contributed by atoms with Gasteiger partial charge in [0.25, 0.3) is 11.8 Å². The van der Waals surface area contributed by atoms with Crippen molar-refractivity contribution in [3.05, 3.63) is 58.9 Å². The van der Waals surface area contributed by atoms with Gasteiger partial charge in [-0.3, -0.25) is 24.3 Å². The number of anilines is 1. The van der Waals surface area contributed by atoms with Gasteiger partial charge in [0.15, 0.2) is 0 Å². The normalized spacial score (nSPS) is 13.1. The van der Waals surface area contributed by atoms with Crippen LogP contribution < -0.4 is 5.32 Å². The number of pyridine rings is 1. The van der Waals surface area contributed by atoms with Crippen molar-refractivity contribution in [2.24, 2.45) is 0 Å². The van der Waals surface area contributed by atoms with Gasteiger partial charge in [0.1, 0.15) is 5.69 Å². The molecule has 1 aromatic carbocycles. The lowest BCUT2D eigenvalue weighted by Crippen LogP contribution is -2.31. The van der Waals surface area contributed by atoms with E-state index in [1.807, 2.05) is 32.0 Å². The largest absolute Gasteiger partial charge is 0.326 e. The third kappa shape index (κ3) is 3.35. The molecule has 0 radical (unpaired) electrons. The Labute approximate surface area is 152 Å². The molecule has 0 unspecified atom stereocenters. The SMILES string of the molecule is CCc1cccc(C)c1NC(=O)CCCN1C(=O)c2cccnc2C1=O. The van der Waals surface area contributed by atoms with Gasteiger partial charge in [0, 0.05) is 24.8 Å². The third-order valence-electron chi connectivity index (χ3n) is 4.52. The van der Waals surface area contributed by atoms with Crippen molar-refractivity contribution in [1.82, 2.24) is 9.88 Å². The zero-order valence-electron chi connectivity index (χ0n) is 14.9. The topological polar surface area (TPSA) is 79.4 Å². The molecule has 6 heteroatoms. The number of nitrogens with zero attached hydrogens (tertiary/aromatic N) is 2. The Balaban J connectivity index is 1.57. The minimum absolute atomic E-state index is 0.122. The number of hydrogen-bond acceptors (Lipinski definition) is 4. The molecule has 26 heavy (non-hydrogen) atoms. The van der Waals surface area contributed by atoms with E-state index in [4.69, 9.17) is 0 Å². The molecule has 3 amide bonds. The molecule has 1 aliphatic rings. The summed E-state index contributed by atoms with van der Waals surface area (Å²) in [5, 5.41) is 2.96. The van der Waals surface area contributed by atoms with Crippen LogP contribution in [0.1, 0.15) is 51.7 Å². The number of aromatic nitrogens is 1. The van der Waals surface area contributed by atoms with Crippen molar-refractivity contribution in [2.45, 2.75) is 33.1 Å². The molecule has 0 bridgehead atoms. The lowest BCUT2D eigenvalue weighted by atomic mass is 10.1. The summed E-state index contributed by atoms with van der Waals surface area (Å²) in [6, 6.07) is 9.16. The van der Waals surface area contributed by atoms with Crippen LogP contribution >= 0.6 is 0 Å². The Kier molecular flexibility index (Phi) is 5.11. The Morgan fingerprint density at radius 3 is 2.69 bits per heavy atom. The monoisotopic (exact) mass is 351 g/mol. The summed E-state index contributed by atoms with van der Waals surface area (Å²) < 4.78 is 0. The first-order valence-corrected chi connectivity index (χ1v) is 8.72. The maximum absolute atomic E-state index is 12.3. The van der Waals surface area contributed by atoms with Gasteiger partial charge in [-0.05, 0) is 43.0 Å². The molecular formula is C20H21N3O3. The fourth-order valence-electron chi connectivity index (χ4n) is 3.12. The van der Waals surface area contributed by atoms with Gasteiger partial charge < -0.3 is 5.32 Å². The summed E-state index contributed by atoms with van der Waals surface area (Å²) in [6.07, 6.45) is 2.97. The number of fused-ring (bicyclic) bond motifs is 1. The van der Waals surface area contributed by atoms with Crippen LogP contribution in [-0.4, -0.2) is 34.2 Å². The Morgan fingerprint density at radius 2 is 1.96 bits per heavy atom. The van der Waals surface area contributed by atoms with Crippen LogP contribution in [0.2, 0.25) is 0 Å². The highest BCUT2D eigenvalue weighted by atomic mass is 16.2. The number of rotatable bonds is 6. The molecule has 0 saturated carbocycles. The molecular weight excluding hydrogens is 330 g/mol. The highest BCUT2D eigenvalue weighted by Gasteiger charge is 2.36. The molecule has 3 rings (SSSR count). The second kappa shape index (κ2) is 7.47. The Morgan fingerprint density at radius 1 is 1.15 bits per heavy atom. The Bertz CT molecular complexity index is 841. The van der Waals surface area contributed by atoms with E-state index in [0.717, 1.165) is 28.1 Å². The van der Waals surface area contributed by atoms with Crippen LogP contribution in [0, 0.1) is 6.92 Å². The first kappa shape index (κ1) is 17.8. The molecule has 134 valence electrons. The summed E-state index contributed by atoms with van der Waals surface area (Å²) in [4.78, 5) is 41.9. The van der Waals surface area contributed by atoms with Crippen LogP contribution in [0.25, 0.3) is 0 Å². The fourth-order valence-corrected chi connectivity index (χ4v) is 3.12. The van der Waals surface area contributed by atoms with Crippen molar-refractivity contribution in [3.8, 4) is 0 Å². The second-order valence-electron chi connectivity index (χ2n) is 6.28. The summed E-state index contributed by atoms with van der Waals surface area (Å²) in [5.41, 5.74) is 3.47. The van der Waals surface area contributed by atoms with Crippen molar-refractivity contribution in [1.29, 1.82) is 0 Å². The standard InChI is InChI=1S/C20H21N3O3/c1-3-14-8-4-7-13(2)17(14)22-16(24)10-6-12-23-19(25)15-9-5-11-21-18(15)20(23)26/h4-5,7-9,11H,3,6,10,12H2,1-2H3,(H,22,24). The van der Waals surface area contributed by atoms with E-state index in [9.17, 15) is 14.4 Å². The Hall–Kier alpha value is -3.02. The number of carbonyl (C=O) groups excluding carboxylic acids is 3. The highest BCUT2D eigenvalue weighted by Crippen LogP contribution is 2.22. The van der Waals surface area contributed by atoms with E-state index >= 15 is 0 Å². The lowest BCUT2D eigenvalue weighted by Gasteiger charge is -2.15. The first-order chi connectivity index (χ1) is 12.5. The number of benzene rings is 1. The maximum atomic E-state index is 12.3.